The normalized spacial score (nSPS) is 21.2. The Morgan fingerprint density at radius 3 is 1.50 bits per heavy atom. The number of β-amino-alcohol motifs (C(OH)–C–C–N with tert-alkyl or cyclic N) is 1. The van der Waals surface area contributed by atoms with Crippen LogP contribution in [0.3, 0.4) is 0 Å². The summed E-state index contributed by atoms with van der Waals surface area (Å²) in [4.78, 5) is 74.8. The quantitative estimate of drug-likeness (QED) is 0.0167. The number of nitrogens with zero attached hydrogens (tertiary/aromatic N) is 4. The van der Waals surface area contributed by atoms with Gasteiger partial charge in [-0.25, -0.2) is 4.79 Å². The molecule has 1 saturated heterocycles. The Labute approximate surface area is 581 Å². The fourth-order valence-corrected chi connectivity index (χ4v) is 13.5. The van der Waals surface area contributed by atoms with Gasteiger partial charge in [-0.05, 0) is 166 Å². The molecule has 7 rings (SSSR count). The van der Waals surface area contributed by atoms with Crippen LogP contribution in [-0.4, -0.2) is 266 Å². The average molecular weight is 1380 g/mol. The van der Waals surface area contributed by atoms with Crippen molar-refractivity contribution in [3.8, 4) is 11.5 Å². The third kappa shape index (κ3) is 27.5. The Bertz CT molecular complexity index is 2840. The van der Waals surface area contributed by atoms with E-state index in [1.807, 2.05) is 89.1 Å². The van der Waals surface area contributed by atoms with Crippen LogP contribution in [-0.2, 0) is 61.9 Å². The van der Waals surface area contributed by atoms with Gasteiger partial charge in [-0.1, -0.05) is 19.9 Å². The number of carbonyl (C=O) groups excluding carboxylic acids is 4. The van der Waals surface area contributed by atoms with Crippen molar-refractivity contribution >= 4 is 52.5 Å². The van der Waals surface area contributed by atoms with Gasteiger partial charge in [-0.15, -0.1) is 0 Å². The maximum absolute atomic E-state index is 14.0. The molecule has 0 aromatic heterocycles. The predicted octanol–water partition coefficient (Wildman–Crippen LogP) is 6.35. The molecule has 1 aliphatic heterocycles. The van der Waals surface area contributed by atoms with Crippen molar-refractivity contribution < 1.29 is 81.6 Å². The number of anilines is 2. The van der Waals surface area contributed by atoms with E-state index in [1.165, 1.54) is 6.08 Å². The number of ether oxygens (including phenoxy) is 10. The van der Waals surface area contributed by atoms with Crippen LogP contribution in [0.2, 0.25) is 0 Å². The van der Waals surface area contributed by atoms with Crippen molar-refractivity contribution in [3.63, 3.8) is 0 Å². The molecule has 26 heteroatoms. The van der Waals surface area contributed by atoms with Gasteiger partial charge < -0.3 is 78.8 Å². The van der Waals surface area contributed by atoms with Crippen LogP contribution < -0.4 is 30.7 Å². The Hall–Kier alpha value is -6.04. The maximum atomic E-state index is 14.0. The van der Waals surface area contributed by atoms with Gasteiger partial charge in [-0.2, -0.15) is 0 Å². The highest BCUT2D eigenvalue weighted by Gasteiger charge is 2.62. The largest absolute Gasteiger partial charge is 0.496 e. The Morgan fingerprint density at radius 1 is 0.612 bits per heavy atom. The van der Waals surface area contributed by atoms with E-state index in [9.17, 15) is 34.2 Å². The summed E-state index contributed by atoms with van der Waals surface area (Å²) in [6, 6.07) is 11.3. The third-order valence-corrected chi connectivity index (χ3v) is 17.7. The van der Waals surface area contributed by atoms with Crippen molar-refractivity contribution in [1.82, 2.24) is 30.2 Å². The van der Waals surface area contributed by atoms with Crippen LogP contribution in [0.15, 0.2) is 42.5 Å². The highest BCUT2D eigenvalue weighted by atomic mass is 16.6. The average Bonchev–Trinajstić information content (AvgIpc) is 0.720. The lowest BCUT2D eigenvalue weighted by atomic mass is 9.48. The molecular formula is C72H117N9O17. The number of carboxylic acid groups (broad SMARTS) is 1. The topological polar surface area (TPSA) is 303 Å². The number of hydrogen-bond acceptors (Lipinski definition) is 23. The fraction of sp³-hybridized carbons (Fsp3) is 0.722. The maximum Gasteiger partial charge on any atom is 0.330 e. The molecule has 4 aliphatic carbocycles. The zero-order valence-electron chi connectivity index (χ0n) is 60.8. The smallest absolute Gasteiger partial charge is 0.330 e. The van der Waals surface area contributed by atoms with E-state index in [4.69, 9.17) is 52.8 Å². The van der Waals surface area contributed by atoms with Gasteiger partial charge in [-0.3, -0.25) is 44.2 Å². The van der Waals surface area contributed by atoms with Gasteiger partial charge in [0, 0.05) is 83.4 Å². The van der Waals surface area contributed by atoms with E-state index in [-0.39, 0.29) is 61.8 Å². The molecule has 0 radical (unpaired) electrons. The first kappa shape index (κ1) is 80.9. The summed E-state index contributed by atoms with van der Waals surface area (Å²) in [5.74, 6) is -1.03. The molecule has 0 spiro atoms. The number of aliphatic hydroxyl groups excluding tert-OH is 1. The van der Waals surface area contributed by atoms with Gasteiger partial charge in [0.1, 0.15) is 34.0 Å². The van der Waals surface area contributed by atoms with E-state index in [0.29, 0.717) is 166 Å². The summed E-state index contributed by atoms with van der Waals surface area (Å²) in [5.41, 5.74) is -0.222. The van der Waals surface area contributed by atoms with Crippen LogP contribution in [0.5, 0.6) is 11.5 Å². The monoisotopic (exact) mass is 1380 g/mol. The van der Waals surface area contributed by atoms with E-state index in [0.717, 1.165) is 49.0 Å². The molecule has 4 bridgehead atoms. The lowest BCUT2D eigenvalue weighted by Gasteiger charge is -2.59. The fourth-order valence-electron chi connectivity index (χ4n) is 13.5. The molecule has 2 aromatic carbocycles. The van der Waals surface area contributed by atoms with Gasteiger partial charge in [0.15, 0.2) is 6.29 Å². The van der Waals surface area contributed by atoms with Crippen molar-refractivity contribution in [2.45, 2.75) is 143 Å². The number of carbonyl (C=O) groups is 5. The highest BCUT2D eigenvalue weighted by molar-refractivity contribution is 6.43. The van der Waals surface area contributed by atoms with E-state index < -0.39 is 46.2 Å². The van der Waals surface area contributed by atoms with Crippen LogP contribution in [0, 0.1) is 29.1 Å². The molecule has 1 atom stereocenters. The van der Waals surface area contributed by atoms with Crippen molar-refractivity contribution in [3.05, 3.63) is 53.6 Å². The molecule has 2 aromatic rings. The second-order valence-electron chi connectivity index (χ2n) is 29.3. The minimum atomic E-state index is -1.40. The molecule has 552 valence electrons. The molecule has 98 heavy (non-hydrogen) atoms. The van der Waals surface area contributed by atoms with E-state index >= 15 is 0 Å². The second kappa shape index (κ2) is 39.2. The highest BCUT2D eigenvalue weighted by Crippen LogP contribution is 2.58. The van der Waals surface area contributed by atoms with Crippen LogP contribution in [0.1, 0.15) is 125 Å². The number of methoxy groups -OCH3 is 2. The van der Waals surface area contributed by atoms with Gasteiger partial charge >= 0.3 is 17.9 Å². The first-order valence-electron chi connectivity index (χ1n) is 35.0. The second-order valence-corrected chi connectivity index (χ2v) is 29.3. The Morgan fingerprint density at radius 2 is 1.06 bits per heavy atom. The SMILES string of the molecule is COc1cccc(OC)c1/C(=C/C(=N)C(=O)NC1(C(=O)O)C2CC3CC(C2)CC1C3)Nc1ccc(NCCOCCOCCOCCOCCOCCNC(=O)CN2CCN(CC(=O)OC(C)(C)C)CCN(CC(=O)OC(C)(C)C)CCN(CC(O)OC(C)(C)C)CC2)cc1C(C)C. The van der Waals surface area contributed by atoms with Gasteiger partial charge in [0.2, 0.25) is 5.91 Å². The molecule has 1 heterocycles. The summed E-state index contributed by atoms with van der Waals surface area (Å²) >= 11 is 0. The standard InChI is InChI=1S/C72H117N9O17/c1-50(2)56-44-55(17-18-58(56)76-59(66-60(89-12)15-14-16-61(66)90-13)45-57(73)67(86)77-72(68(87)88)53-40-51-39-52(42-53)43-54(72)41-51)74-19-29-91-31-33-93-35-37-95-38-36-94-34-32-92-30-20-75-62(82)46-78-21-23-79(47-63(83)96-69(3,4)5)25-27-81(49-65(85)98-71(9,10)11)28-26-80(24-22-78)48-64(84)97-70(6,7)8/h14-18,44-45,50-54,63,73-74,76,83H,19-43,46-49H2,1-13H3,(H,75,82)(H,77,86)(H,87,88)/b59-45-,73-57?. The molecule has 2 amide bonds. The Kier molecular flexibility index (Phi) is 32.4. The number of esters is 2. The molecule has 7 N–H and O–H groups in total. The summed E-state index contributed by atoms with van der Waals surface area (Å²) in [7, 11) is 3.08. The zero-order valence-corrected chi connectivity index (χ0v) is 60.8. The van der Waals surface area contributed by atoms with Crippen molar-refractivity contribution in [2.75, 3.05) is 183 Å². The number of aliphatic carboxylic acids is 1. The van der Waals surface area contributed by atoms with Crippen LogP contribution in [0.4, 0.5) is 11.4 Å². The number of hydrogen-bond donors (Lipinski definition) is 7. The number of nitrogens with one attached hydrogen (secondary N) is 5. The number of rotatable bonds is 38. The first-order chi connectivity index (χ1) is 46.4. The molecule has 5 fully saturated rings. The molecule has 5 aliphatic rings. The zero-order chi connectivity index (χ0) is 71.6. The van der Waals surface area contributed by atoms with Crippen molar-refractivity contribution in [1.29, 1.82) is 5.41 Å². The minimum Gasteiger partial charge on any atom is -0.496 e. The summed E-state index contributed by atoms with van der Waals surface area (Å²) in [6.07, 6.45) is 4.59. The molecule has 1 unspecified atom stereocenters. The number of carboxylic acids is 1. The first-order valence-corrected chi connectivity index (χ1v) is 35.0. The van der Waals surface area contributed by atoms with E-state index in [1.54, 1.807) is 32.4 Å². The van der Waals surface area contributed by atoms with Gasteiger partial charge in [0.05, 0.1) is 117 Å². The lowest BCUT2D eigenvalue weighted by Crippen LogP contribution is -2.70. The number of amides is 2. The van der Waals surface area contributed by atoms with Crippen LogP contribution in [0.25, 0.3) is 5.70 Å². The molecule has 26 nitrogen and oxygen atoms in total. The predicted molar refractivity (Wildman–Crippen MR) is 375 cm³/mol. The van der Waals surface area contributed by atoms with Gasteiger partial charge in [0.25, 0.3) is 5.91 Å². The number of benzene rings is 2. The Balaban J connectivity index is 0.858. The minimum absolute atomic E-state index is 0.0423. The number of aliphatic hydroxyl groups is 1. The lowest BCUT2D eigenvalue weighted by molar-refractivity contribution is -0.174. The third-order valence-electron chi connectivity index (χ3n) is 17.7. The summed E-state index contributed by atoms with van der Waals surface area (Å²) < 4.78 is 57.4. The molecular weight excluding hydrogens is 1260 g/mol. The summed E-state index contributed by atoms with van der Waals surface area (Å²) in [5, 5.41) is 43.6. The van der Waals surface area contributed by atoms with E-state index in [2.05, 4.69) is 46.1 Å². The summed E-state index contributed by atoms with van der Waals surface area (Å²) in [6.45, 7) is 29.7. The van der Waals surface area contributed by atoms with Crippen molar-refractivity contribution in [2.24, 2.45) is 23.7 Å². The molecule has 4 saturated carbocycles. The van der Waals surface area contributed by atoms with Crippen LogP contribution >= 0.6 is 0 Å².